The Hall–Kier alpha value is -3.09. The largest absolute Gasteiger partial charge is 0.484 e. The Morgan fingerprint density at radius 1 is 1.07 bits per heavy atom. The van der Waals surface area contributed by atoms with E-state index in [1.807, 2.05) is 26.0 Å². The third-order valence-corrected chi connectivity index (χ3v) is 4.08. The molecule has 0 aliphatic rings. The van der Waals surface area contributed by atoms with Crippen LogP contribution in [0, 0.1) is 13.8 Å². The molecule has 2 rings (SSSR count). The molecule has 0 atom stereocenters. The summed E-state index contributed by atoms with van der Waals surface area (Å²) in [5, 5.41) is 0. The Labute approximate surface area is 158 Å². The fraction of sp³-hybridized carbons (Fsp3) is 0.350. The highest BCUT2D eigenvalue weighted by Crippen LogP contribution is 2.21. The number of benzene rings is 1. The first-order valence-corrected chi connectivity index (χ1v) is 8.84. The van der Waals surface area contributed by atoms with E-state index in [1.165, 1.54) is 6.92 Å². The molecule has 144 valence electrons. The van der Waals surface area contributed by atoms with Crippen molar-refractivity contribution in [2.24, 2.45) is 0 Å². The van der Waals surface area contributed by atoms with Crippen molar-refractivity contribution in [2.45, 2.75) is 40.5 Å². The Morgan fingerprint density at radius 2 is 1.74 bits per heavy atom. The van der Waals surface area contributed by atoms with Crippen LogP contribution in [0.15, 0.2) is 24.3 Å². The van der Waals surface area contributed by atoms with E-state index in [0.717, 1.165) is 12.0 Å². The highest BCUT2D eigenvalue weighted by molar-refractivity contribution is 6.03. The second-order valence-corrected chi connectivity index (χ2v) is 6.39. The standard InChI is InChI=1S/C20H25N3O4/c1-5-6-16-18(14(4)24)13(3)21-19(16)20(26)23-22-17(25)11-27-15-9-7-12(2)8-10-15/h7-10,21H,5-6,11H2,1-4H3,(H,22,25)(H,23,26). The maximum Gasteiger partial charge on any atom is 0.286 e. The minimum absolute atomic E-state index is 0.0956. The van der Waals surface area contributed by atoms with Crippen LogP contribution in [0.2, 0.25) is 0 Å². The molecular weight excluding hydrogens is 346 g/mol. The van der Waals surface area contributed by atoms with E-state index in [2.05, 4.69) is 15.8 Å². The first-order chi connectivity index (χ1) is 12.8. The molecule has 2 aromatic rings. The van der Waals surface area contributed by atoms with Crippen molar-refractivity contribution in [3.05, 3.63) is 52.3 Å². The van der Waals surface area contributed by atoms with Crippen molar-refractivity contribution in [1.29, 1.82) is 0 Å². The van der Waals surface area contributed by atoms with Crippen molar-refractivity contribution in [3.8, 4) is 5.75 Å². The number of carbonyl (C=O) groups is 3. The molecule has 0 saturated carbocycles. The summed E-state index contributed by atoms with van der Waals surface area (Å²) in [6, 6.07) is 7.29. The molecule has 1 aromatic carbocycles. The minimum atomic E-state index is -0.502. The Balaban J connectivity index is 1.96. The van der Waals surface area contributed by atoms with Crippen LogP contribution < -0.4 is 15.6 Å². The van der Waals surface area contributed by atoms with Crippen LogP contribution in [0.25, 0.3) is 0 Å². The highest BCUT2D eigenvalue weighted by Gasteiger charge is 2.22. The van der Waals surface area contributed by atoms with Crippen molar-refractivity contribution in [3.63, 3.8) is 0 Å². The number of ketones is 1. The average Bonchev–Trinajstić information content (AvgIpc) is 2.96. The summed E-state index contributed by atoms with van der Waals surface area (Å²) in [6.07, 6.45) is 1.38. The fourth-order valence-corrected chi connectivity index (χ4v) is 2.86. The SMILES string of the molecule is CCCc1c(C(=O)NNC(=O)COc2ccc(C)cc2)[nH]c(C)c1C(C)=O. The number of aromatic nitrogens is 1. The molecule has 7 nitrogen and oxygen atoms in total. The number of ether oxygens (including phenoxy) is 1. The number of nitrogens with one attached hydrogen (secondary N) is 3. The summed E-state index contributed by atoms with van der Waals surface area (Å²) in [6.45, 7) is 6.92. The van der Waals surface area contributed by atoms with Gasteiger partial charge in [0.25, 0.3) is 11.8 Å². The molecule has 0 fully saturated rings. The number of Topliss-reactive ketones (excluding diaryl/α,β-unsaturated/α-hetero) is 1. The second-order valence-electron chi connectivity index (χ2n) is 6.39. The minimum Gasteiger partial charge on any atom is -0.484 e. The molecule has 1 aromatic heterocycles. The van der Waals surface area contributed by atoms with E-state index in [1.54, 1.807) is 19.1 Å². The van der Waals surface area contributed by atoms with Crippen LogP contribution in [0.3, 0.4) is 0 Å². The molecule has 0 bridgehead atoms. The van der Waals surface area contributed by atoms with Crippen molar-refractivity contribution < 1.29 is 19.1 Å². The van der Waals surface area contributed by atoms with Crippen LogP contribution >= 0.6 is 0 Å². The molecule has 2 amide bonds. The monoisotopic (exact) mass is 371 g/mol. The number of aryl methyl sites for hydroxylation is 2. The quantitative estimate of drug-likeness (QED) is 0.514. The summed E-state index contributed by atoms with van der Waals surface area (Å²) in [7, 11) is 0. The molecule has 0 aliphatic heterocycles. The first-order valence-electron chi connectivity index (χ1n) is 8.84. The number of H-pyrrole nitrogens is 1. The summed E-state index contributed by atoms with van der Waals surface area (Å²) >= 11 is 0. The zero-order valence-corrected chi connectivity index (χ0v) is 16.1. The normalized spacial score (nSPS) is 10.4. The van der Waals surface area contributed by atoms with Gasteiger partial charge >= 0.3 is 0 Å². The zero-order chi connectivity index (χ0) is 20.0. The Bertz CT molecular complexity index is 838. The van der Waals surface area contributed by atoms with E-state index in [0.29, 0.717) is 34.7 Å². The topological polar surface area (TPSA) is 100 Å². The predicted octanol–water partition coefficient (Wildman–Crippen LogP) is 2.63. The van der Waals surface area contributed by atoms with Gasteiger partial charge in [-0.15, -0.1) is 0 Å². The molecule has 0 spiro atoms. The number of hydrogen-bond donors (Lipinski definition) is 3. The number of hydrogen-bond acceptors (Lipinski definition) is 4. The van der Waals surface area contributed by atoms with Gasteiger partial charge in [0.2, 0.25) is 0 Å². The van der Waals surface area contributed by atoms with Crippen LogP contribution in [0.4, 0.5) is 0 Å². The predicted molar refractivity (Wildman–Crippen MR) is 102 cm³/mol. The lowest BCUT2D eigenvalue weighted by Gasteiger charge is -2.09. The van der Waals surface area contributed by atoms with Crippen LogP contribution in [0.5, 0.6) is 5.75 Å². The lowest BCUT2D eigenvalue weighted by molar-refractivity contribution is -0.123. The van der Waals surface area contributed by atoms with Gasteiger partial charge < -0.3 is 9.72 Å². The number of carbonyl (C=O) groups excluding carboxylic acids is 3. The molecule has 0 unspecified atom stereocenters. The molecular formula is C20H25N3O4. The number of amides is 2. The van der Waals surface area contributed by atoms with Gasteiger partial charge in [-0.3, -0.25) is 25.2 Å². The van der Waals surface area contributed by atoms with Gasteiger partial charge in [0.05, 0.1) is 0 Å². The van der Waals surface area contributed by atoms with Crippen LogP contribution in [-0.4, -0.2) is 29.2 Å². The molecule has 27 heavy (non-hydrogen) atoms. The van der Waals surface area contributed by atoms with Gasteiger partial charge in [0.15, 0.2) is 12.4 Å². The number of hydrazine groups is 1. The summed E-state index contributed by atoms with van der Waals surface area (Å²) in [4.78, 5) is 39.1. The lowest BCUT2D eigenvalue weighted by Crippen LogP contribution is -2.44. The van der Waals surface area contributed by atoms with Crippen LogP contribution in [0.1, 0.15) is 57.9 Å². The maximum absolute atomic E-state index is 12.4. The summed E-state index contributed by atoms with van der Waals surface area (Å²) in [5.41, 5.74) is 7.92. The van der Waals surface area contributed by atoms with E-state index in [-0.39, 0.29) is 12.4 Å². The zero-order valence-electron chi connectivity index (χ0n) is 16.1. The molecule has 1 heterocycles. The Kier molecular flexibility index (Phi) is 6.76. The van der Waals surface area contributed by atoms with E-state index in [9.17, 15) is 14.4 Å². The van der Waals surface area contributed by atoms with Gasteiger partial charge in [-0.25, -0.2) is 0 Å². The third-order valence-electron chi connectivity index (χ3n) is 4.08. The van der Waals surface area contributed by atoms with Gasteiger partial charge in [-0.1, -0.05) is 31.0 Å². The van der Waals surface area contributed by atoms with Crippen LogP contribution in [-0.2, 0) is 11.2 Å². The van der Waals surface area contributed by atoms with Gasteiger partial charge in [0.1, 0.15) is 11.4 Å². The maximum atomic E-state index is 12.4. The van der Waals surface area contributed by atoms with Crippen molar-refractivity contribution in [1.82, 2.24) is 15.8 Å². The lowest BCUT2D eigenvalue weighted by atomic mass is 10.0. The fourth-order valence-electron chi connectivity index (χ4n) is 2.86. The van der Waals surface area contributed by atoms with Gasteiger partial charge in [-0.05, 0) is 44.9 Å². The molecule has 3 N–H and O–H groups in total. The summed E-state index contributed by atoms with van der Waals surface area (Å²) < 4.78 is 5.36. The average molecular weight is 371 g/mol. The second kappa shape index (κ2) is 9.02. The van der Waals surface area contributed by atoms with E-state index >= 15 is 0 Å². The van der Waals surface area contributed by atoms with Gasteiger partial charge in [-0.2, -0.15) is 0 Å². The number of rotatable bonds is 7. The Morgan fingerprint density at radius 3 is 2.33 bits per heavy atom. The van der Waals surface area contributed by atoms with E-state index < -0.39 is 11.8 Å². The van der Waals surface area contributed by atoms with Crippen molar-refractivity contribution >= 4 is 17.6 Å². The smallest absolute Gasteiger partial charge is 0.286 e. The first kappa shape index (κ1) is 20.2. The van der Waals surface area contributed by atoms with E-state index in [4.69, 9.17) is 4.74 Å². The molecule has 0 aliphatic carbocycles. The molecule has 0 radical (unpaired) electrons. The highest BCUT2D eigenvalue weighted by atomic mass is 16.5. The van der Waals surface area contributed by atoms with Gasteiger partial charge in [0, 0.05) is 11.3 Å². The summed E-state index contributed by atoms with van der Waals surface area (Å²) in [5.74, 6) is -0.519. The molecule has 7 heteroatoms. The van der Waals surface area contributed by atoms with Crippen molar-refractivity contribution in [2.75, 3.05) is 6.61 Å². The number of aromatic amines is 1. The molecule has 0 saturated heterocycles. The third kappa shape index (κ3) is 5.20.